The molecule has 0 heterocycles. The zero-order valence-corrected chi connectivity index (χ0v) is 5.26. The van der Waals surface area contributed by atoms with Crippen LogP contribution in [0.5, 0.6) is 0 Å². The Bertz CT molecular complexity index is 182. The molecule has 0 radical (unpaired) electrons. The van der Waals surface area contributed by atoms with Crippen LogP contribution in [0.3, 0.4) is 0 Å². The molecule has 0 saturated heterocycles. The highest BCUT2D eigenvalue weighted by molar-refractivity contribution is 6.34. The number of rotatable bonds is 2. The smallest absolute Gasteiger partial charge is 0.309 e. The largest absolute Gasteiger partial charge is 0.361 e. The summed E-state index contributed by atoms with van der Waals surface area (Å²) in [5.74, 6) is -1.88. The van der Waals surface area contributed by atoms with Gasteiger partial charge in [0.25, 0.3) is 0 Å². The highest BCUT2D eigenvalue weighted by Gasteiger charge is 2.05. The normalized spacial score (nSPS) is 7.90. The van der Waals surface area contributed by atoms with E-state index in [1.807, 2.05) is 0 Å². The quantitative estimate of drug-likeness (QED) is 0.362. The van der Waals surface area contributed by atoms with E-state index in [4.69, 9.17) is 5.26 Å². The lowest BCUT2D eigenvalue weighted by Crippen LogP contribution is -2.36. The maximum Gasteiger partial charge on any atom is 0.309 e. The Kier molecular flexibility index (Phi) is 3.64. The fourth-order valence-corrected chi connectivity index (χ4v) is 0.319. The first-order valence-corrected chi connectivity index (χ1v) is 2.63. The Balaban J connectivity index is 3.43. The molecule has 54 valence electrons. The summed E-state index contributed by atoms with van der Waals surface area (Å²) < 4.78 is 0. The van der Waals surface area contributed by atoms with Crippen LogP contribution in [-0.2, 0) is 9.59 Å². The Morgan fingerprint density at radius 2 is 2.20 bits per heavy atom. The zero-order chi connectivity index (χ0) is 7.98. The topological polar surface area (TPSA) is 96.0 Å². The summed E-state index contributed by atoms with van der Waals surface area (Å²) in [6.45, 7) is 0.165. The van der Waals surface area contributed by atoms with Gasteiger partial charge in [0.15, 0.2) is 0 Å². The van der Waals surface area contributed by atoms with Gasteiger partial charge in [-0.25, -0.2) is 0 Å². The first-order chi connectivity index (χ1) is 4.68. The second-order valence-electron chi connectivity index (χ2n) is 1.53. The molecule has 0 unspecified atom stereocenters. The van der Waals surface area contributed by atoms with Crippen LogP contribution in [0.15, 0.2) is 0 Å². The van der Waals surface area contributed by atoms with Gasteiger partial charge in [-0.2, -0.15) is 5.26 Å². The number of primary amides is 1. The second kappa shape index (κ2) is 4.32. The highest BCUT2D eigenvalue weighted by atomic mass is 16.2. The van der Waals surface area contributed by atoms with Crippen molar-refractivity contribution in [3.8, 4) is 6.07 Å². The Morgan fingerprint density at radius 3 is 2.60 bits per heavy atom. The highest BCUT2D eigenvalue weighted by Crippen LogP contribution is 1.69. The maximum atomic E-state index is 10.3. The molecule has 0 aromatic rings. The monoisotopic (exact) mass is 141 g/mol. The molecule has 0 spiro atoms. The molecule has 0 aromatic heterocycles. The molecule has 0 aromatic carbocycles. The van der Waals surface area contributed by atoms with E-state index in [1.165, 1.54) is 0 Å². The number of nitriles is 1. The van der Waals surface area contributed by atoms with Crippen LogP contribution in [0.1, 0.15) is 6.42 Å². The minimum atomic E-state index is -1.03. The van der Waals surface area contributed by atoms with Crippen molar-refractivity contribution in [3.63, 3.8) is 0 Å². The summed E-state index contributed by atoms with van der Waals surface area (Å²) in [6, 6.07) is 1.80. The lowest BCUT2D eigenvalue weighted by molar-refractivity contribution is -0.137. The van der Waals surface area contributed by atoms with E-state index in [0.29, 0.717) is 0 Å². The van der Waals surface area contributed by atoms with Gasteiger partial charge in [-0.3, -0.25) is 9.59 Å². The first kappa shape index (κ1) is 8.43. The van der Waals surface area contributed by atoms with E-state index >= 15 is 0 Å². The van der Waals surface area contributed by atoms with E-state index in [0.717, 1.165) is 0 Å². The average molecular weight is 141 g/mol. The predicted molar refractivity (Wildman–Crippen MR) is 32.4 cm³/mol. The van der Waals surface area contributed by atoms with Gasteiger partial charge in [-0.05, 0) is 0 Å². The number of carbonyl (C=O) groups excluding carboxylic acids is 2. The van der Waals surface area contributed by atoms with Crippen LogP contribution in [0.4, 0.5) is 0 Å². The predicted octanol–water partition coefficient (Wildman–Crippen LogP) is -1.50. The summed E-state index contributed by atoms with van der Waals surface area (Å²) in [7, 11) is 0. The molecule has 0 bridgehead atoms. The Labute approximate surface area is 57.8 Å². The number of hydrogen-bond donors (Lipinski definition) is 2. The second-order valence-corrected chi connectivity index (χ2v) is 1.53. The molecule has 0 saturated carbocycles. The van der Waals surface area contributed by atoms with Gasteiger partial charge in [0, 0.05) is 6.54 Å². The van der Waals surface area contributed by atoms with E-state index in [9.17, 15) is 9.59 Å². The van der Waals surface area contributed by atoms with Crippen LogP contribution in [0, 0.1) is 11.3 Å². The third-order valence-electron chi connectivity index (χ3n) is 0.746. The third kappa shape index (κ3) is 3.43. The molecule has 0 rings (SSSR count). The third-order valence-corrected chi connectivity index (χ3v) is 0.746. The molecule has 2 amide bonds. The van der Waals surface area contributed by atoms with Gasteiger partial charge in [0.2, 0.25) is 0 Å². The Hall–Kier alpha value is -1.57. The number of hydrogen-bond acceptors (Lipinski definition) is 3. The van der Waals surface area contributed by atoms with Crippen molar-refractivity contribution in [2.75, 3.05) is 6.54 Å². The van der Waals surface area contributed by atoms with Gasteiger partial charge in [-0.15, -0.1) is 0 Å². The fraction of sp³-hybridized carbons (Fsp3) is 0.400. The molecule has 0 atom stereocenters. The summed E-state index contributed by atoms with van der Waals surface area (Å²) in [5, 5.41) is 10.1. The molecule has 5 nitrogen and oxygen atoms in total. The summed E-state index contributed by atoms with van der Waals surface area (Å²) >= 11 is 0. The molecular formula is C5H7N3O2. The van der Waals surface area contributed by atoms with Gasteiger partial charge < -0.3 is 11.1 Å². The molecule has 0 aliphatic carbocycles. The SMILES string of the molecule is N#CCCNC(=O)C(N)=O. The van der Waals surface area contributed by atoms with Crippen molar-refractivity contribution < 1.29 is 9.59 Å². The van der Waals surface area contributed by atoms with Gasteiger partial charge in [-0.1, -0.05) is 0 Å². The number of nitrogens with two attached hydrogens (primary N) is 1. The minimum absolute atomic E-state index is 0.165. The Morgan fingerprint density at radius 1 is 1.60 bits per heavy atom. The maximum absolute atomic E-state index is 10.3. The standard InChI is InChI=1S/C5H7N3O2/c6-2-1-3-8-5(10)4(7)9/h1,3H2,(H2,7,9)(H,8,10). The van der Waals surface area contributed by atoms with Crippen LogP contribution < -0.4 is 11.1 Å². The first-order valence-electron chi connectivity index (χ1n) is 2.63. The molecule has 5 heteroatoms. The zero-order valence-electron chi connectivity index (χ0n) is 5.26. The van der Waals surface area contributed by atoms with Crippen molar-refractivity contribution >= 4 is 11.8 Å². The molecular weight excluding hydrogens is 134 g/mol. The summed E-state index contributed by atoms with van der Waals surface area (Å²) in [6.07, 6.45) is 0.180. The summed E-state index contributed by atoms with van der Waals surface area (Å²) in [4.78, 5) is 20.3. The van der Waals surface area contributed by atoms with Crippen LogP contribution in [0.2, 0.25) is 0 Å². The van der Waals surface area contributed by atoms with Crippen LogP contribution >= 0.6 is 0 Å². The number of amides is 2. The molecule has 0 fully saturated rings. The van der Waals surface area contributed by atoms with Crippen molar-refractivity contribution in [1.82, 2.24) is 5.32 Å². The van der Waals surface area contributed by atoms with E-state index < -0.39 is 11.8 Å². The lowest BCUT2D eigenvalue weighted by atomic mass is 10.4. The van der Waals surface area contributed by atoms with Gasteiger partial charge >= 0.3 is 11.8 Å². The van der Waals surface area contributed by atoms with Gasteiger partial charge in [0.1, 0.15) is 0 Å². The number of nitrogens with zero attached hydrogens (tertiary/aromatic N) is 1. The van der Waals surface area contributed by atoms with Crippen LogP contribution in [0.25, 0.3) is 0 Å². The number of carbonyl (C=O) groups is 2. The number of nitrogens with one attached hydrogen (secondary N) is 1. The lowest BCUT2D eigenvalue weighted by Gasteiger charge is -1.95. The summed E-state index contributed by atoms with van der Waals surface area (Å²) in [5.41, 5.74) is 4.58. The molecule has 0 aliphatic rings. The van der Waals surface area contributed by atoms with Gasteiger partial charge in [0.05, 0.1) is 12.5 Å². The van der Waals surface area contributed by atoms with Crippen LogP contribution in [-0.4, -0.2) is 18.4 Å². The molecule has 0 aliphatic heterocycles. The van der Waals surface area contributed by atoms with Crippen molar-refractivity contribution in [3.05, 3.63) is 0 Å². The minimum Gasteiger partial charge on any atom is -0.361 e. The molecule has 10 heavy (non-hydrogen) atoms. The van der Waals surface area contributed by atoms with Crippen molar-refractivity contribution in [2.45, 2.75) is 6.42 Å². The van der Waals surface area contributed by atoms with Crippen molar-refractivity contribution in [1.29, 1.82) is 5.26 Å². The fourth-order valence-electron chi connectivity index (χ4n) is 0.319. The molecule has 3 N–H and O–H groups in total. The van der Waals surface area contributed by atoms with E-state index in [-0.39, 0.29) is 13.0 Å². The van der Waals surface area contributed by atoms with E-state index in [2.05, 4.69) is 11.1 Å². The van der Waals surface area contributed by atoms with E-state index in [1.54, 1.807) is 6.07 Å². The average Bonchev–Trinajstić information content (AvgIpc) is 1.88. The van der Waals surface area contributed by atoms with Crippen molar-refractivity contribution in [2.24, 2.45) is 5.73 Å².